The van der Waals surface area contributed by atoms with Crippen LogP contribution in [0.15, 0.2) is 71.6 Å². The lowest BCUT2D eigenvalue weighted by molar-refractivity contribution is 0.102. The number of carbonyl (C=O) groups excluding carboxylic acids is 1. The van der Waals surface area contributed by atoms with E-state index in [9.17, 15) is 13.2 Å². The number of sulfonamides is 1. The summed E-state index contributed by atoms with van der Waals surface area (Å²) in [6.07, 6.45) is 0. The molecule has 0 radical (unpaired) electrons. The van der Waals surface area contributed by atoms with Gasteiger partial charge in [0.25, 0.3) is 15.9 Å². The lowest BCUT2D eigenvalue weighted by Crippen LogP contribution is -2.15. The molecule has 3 aromatic carbocycles. The summed E-state index contributed by atoms with van der Waals surface area (Å²) in [4.78, 5) is 12.4. The van der Waals surface area contributed by atoms with Crippen LogP contribution in [0.5, 0.6) is 0 Å². The van der Waals surface area contributed by atoms with E-state index in [0.29, 0.717) is 22.0 Å². The average molecular weight is 415 g/mol. The second kappa shape index (κ2) is 8.04. The van der Waals surface area contributed by atoms with Gasteiger partial charge in [-0.3, -0.25) is 9.52 Å². The van der Waals surface area contributed by atoms with Crippen LogP contribution in [0, 0.1) is 13.8 Å². The van der Waals surface area contributed by atoms with Gasteiger partial charge in [0.05, 0.1) is 10.6 Å². The van der Waals surface area contributed by atoms with E-state index in [1.165, 1.54) is 12.1 Å². The largest absolute Gasteiger partial charge is 0.322 e. The first kappa shape index (κ1) is 19.9. The molecule has 144 valence electrons. The van der Waals surface area contributed by atoms with Crippen LogP contribution < -0.4 is 10.0 Å². The third-order valence-electron chi connectivity index (χ3n) is 4.23. The number of anilines is 2. The van der Waals surface area contributed by atoms with Crippen molar-refractivity contribution in [3.05, 3.63) is 88.4 Å². The summed E-state index contributed by atoms with van der Waals surface area (Å²) in [6.45, 7) is 3.69. The van der Waals surface area contributed by atoms with E-state index >= 15 is 0 Å². The zero-order chi connectivity index (χ0) is 20.3. The van der Waals surface area contributed by atoms with E-state index in [2.05, 4.69) is 10.0 Å². The highest BCUT2D eigenvalue weighted by atomic mass is 35.5. The minimum Gasteiger partial charge on any atom is -0.322 e. The minimum atomic E-state index is -3.74. The number of carbonyl (C=O) groups is 1. The molecule has 3 aromatic rings. The van der Waals surface area contributed by atoms with Crippen molar-refractivity contribution in [2.24, 2.45) is 0 Å². The van der Waals surface area contributed by atoms with Crippen molar-refractivity contribution in [3.63, 3.8) is 0 Å². The first-order valence-electron chi connectivity index (χ1n) is 8.52. The zero-order valence-corrected chi connectivity index (χ0v) is 16.9. The van der Waals surface area contributed by atoms with Gasteiger partial charge in [0.2, 0.25) is 0 Å². The summed E-state index contributed by atoms with van der Waals surface area (Å²) in [7, 11) is -3.74. The maximum Gasteiger partial charge on any atom is 0.261 e. The lowest BCUT2D eigenvalue weighted by Gasteiger charge is -2.13. The molecule has 0 unspecified atom stereocenters. The zero-order valence-electron chi connectivity index (χ0n) is 15.4. The topological polar surface area (TPSA) is 75.3 Å². The number of hydrogen-bond acceptors (Lipinski definition) is 3. The number of para-hydroxylation sites is 1. The van der Waals surface area contributed by atoms with Gasteiger partial charge in [0, 0.05) is 16.3 Å². The first-order valence-corrected chi connectivity index (χ1v) is 10.4. The Bertz CT molecular complexity index is 1110. The van der Waals surface area contributed by atoms with Gasteiger partial charge >= 0.3 is 0 Å². The summed E-state index contributed by atoms with van der Waals surface area (Å²) in [5, 5.41) is 3.18. The van der Waals surface area contributed by atoms with E-state index in [1.807, 2.05) is 32.0 Å². The van der Waals surface area contributed by atoms with Gasteiger partial charge in [0.1, 0.15) is 0 Å². The van der Waals surface area contributed by atoms with Crippen molar-refractivity contribution >= 4 is 38.9 Å². The van der Waals surface area contributed by atoms with Crippen molar-refractivity contribution in [1.29, 1.82) is 0 Å². The SMILES string of the molecule is Cc1cccc(C)c1NS(=O)(=O)c1ccc(NC(=O)c2cccc(Cl)c2)cc1. The molecule has 0 atom stereocenters. The highest BCUT2D eigenvalue weighted by molar-refractivity contribution is 7.92. The van der Waals surface area contributed by atoms with Gasteiger partial charge in [-0.15, -0.1) is 0 Å². The Balaban J connectivity index is 1.77. The fourth-order valence-electron chi connectivity index (χ4n) is 2.72. The van der Waals surface area contributed by atoms with E-state index in [-0.39, 0.29) is 10.8 Å². The molecular formula is C21H19ClN2O3S. The Kier molecular flexibility index (Phi) is 5.72. The molecule has 0 bridgehead atoms. The van der Waals surface area contributed by atoms with Crippen molar-refractivity contribution in [2.75, 3.05) is 10.0 Å². The predicted octanol–water partition coefficient (Wildman–Crippen LogP) is 5.01. The number of aryl methyl sites for hydroxylation is 2. The van der Waals surface area contributed by atoms with Gasteiger partial charge in [-0.1, -0.05) is 35.9 Å². The second-order valence-corrected chi connectivity index (χ2v) is 8.48. The number of rotatable bonds is 5. The van der Waals surface area contributed by atoms with Gasteiger partial charge in [-0.05, 0) is 67.4 Å². The normalized spacial score (nSPS) is 11.1. The van der Waals surface area contributed by atoms with Crippen LogP contribution >= 0.6 is 11.6 Å². The Labute approximate surface area is 169 Å². The summed E-state index contributed by atoms with van der Waals surface area (Å²) in [5.41, 5.74) is 3.15. The van der Waals surface area contributed by atoms with Gasteiger partial charge in [-0.2, -0.15) is 0 Å². The fraction of sp³-hybridized carbons (Fsp3) is 0.0952. The Morgan fingerprint density at radius 1 is 0.893 bits per heavy atom. The Morgan fingerprint density at radius 2 is 1.50 bits per heavy atom. The minimum absolute atomic E-state index is 0.107. The van der Waals surface area contributed by atoms with Crippen molar-refractivity contribution in [3.8, 4) is 0 Å². The van der Waals surface area contributed by atoms with E-state index in [1.54, 1.807) is 36.4 Å². The predicted molar refractivity (Wildman–Crippen MR) is 113 cm³/mol. The van der Waals surface area contributed by atoms with Crippen molar-refractivity contribution in [1.82, 2.24) is 0 Å². The summed E-state index contributed by atoms with van der Waals surface area (Å²) >= 11 is 5.90. The highest BCUT2D eigenvalue weighted by Gasteiger charge is 2.17. The monoisotopic (exact) mass is 414 g/mol. The molecule has 5 nitrogen and oxygen atoms in total. The smallest absolute Gasteiger partial charge is 0.261 e. The molecule has 0 spiro atoms. The molecule has 0 aromatic heterocycles. The molecule has 0 fully saturated rings. The van der Waals surface area contributed by atoms with Crippen LogP contribution in [0.1, 0.15) is 21.5 Å². The third kappa shape index (κ3) is 4.52. The van der Waals surface area contributed by atoms with Crippen LogP contribution in [0.3, 0.4) is 0 Å². The van der Waals surface area contributed by atoms with Crippen molar-refractivity contribution < 1.29 is 13.2 Å². The molecule has 0 saturated heterocycles. The summed E-state index contributed by atoms with van der Waals surface area (Å²) in [6, 6.07) is 18.1. The first-order chi connectivity index (χ1) is 13.3. The van der Waals surface area contributed by atoms with Crippen LogP contribution in [0.25, 0.3) is 0 Å². The number of amides is 1. The number of hydrogen-bond donors (Lipinski definition) is 2. The molecule has 2 N–H and O–H groups in total. The van der Waals surface area contributed by atoms with Crippen LogP contribution in [-0.2, 0) is 10.0 Å². The third-order valence-corrected chi connectivity index (χ3v) is 5.83. The van der Waals surface area contributed by atoms with Crippen LogP contribution in [-0.4, -0.2) is 14.3 Å². The highest BCUT2D eigenvalue weighted by Crippen LogP contribution is 2.24. The quantitative estimate of drug-likeness (QED) is 0.616. The summed E-state index contributed by atoms with van der Waals surface area (Å²) < 4.78 is 28.0. The molecular weight excluding hydrogens is 396 g/mol. The maximum absolute atomic E-state index is 12.7. The van der Waals surface area contributed by atoms with Crippen LogP contribution in [0.2, 0.25) is 5.02 Å². The number of halogens is 1. The van der Waals surface area contributed by atoms with Crippen molar-refractivity contribution in [2.45, 2.75) is 18.7 Å². The van der Waals surface area contributed by atoms with E-state index in [0.717, 1.165) is 11.1 Å². The standard InChI is InChI=1S/C21H19ClN2O3S/c1-14-5-3-6-15(2)20(14)24-28(26,27)19-11-9-18(10-12-19)23-21(25)16-7-4-8-17(22)13-16/h3-13,24H,1-2H3,(H,23,25). The lowest BCUT2D eigenvalue weighted by atomic mass is 10.1. The summed E-state index contributed by atoms with van der Waals surface area (Å²) in [5.74, 6) is -0.327. The number of benzene rings is 3. The number of nitrogens with one attached hydrogen (secondary N) is 2. The molecule has 0 aliphatic heterocycles. The Morgan fingerprint density at radius 3 is 2.11 bits per heavy atom. The molecule has 3 rings (SSSR count). The van der Waals surface area contributed by atoms with Gasteiger partial charge in [-0.25, -0.2) is 8.42 Å². The average Bonchev–Trinajstić information content (AvgIpc) is 2.65. The van der Waals surface area contributed by atoms with Gasteiger partial charge in [0.15, 0.2) is 0 Å². The van der Waals surface area contributed by atoms with E-state index < -0.39 is 10.0 Å². The second-order valence-electron chi connectivity index (χ2n) is 6.36. The van der Waals surface area contributed by atoms with Gasteiger partial charge < -0.3 is 5.32 Å². The molecule has 28 heavy (non-hydrogen) atoms. The molecule has 0 aliphatic carbocycles. The Hall–Kier alpha value is -2.83. The molecule has 7 heteroatoms. The molecule has 0 saturated carbocycles. The van der Waals surface area contributed by atoms with E-state index in [4.69, 9.17) is 11.6 Å². The maximum atomic E-state index is 12.7. The molecule has 0 aliphatic rings. The fourth-order valence-corrected chi connectivity index (χ4v) is 4.11. The molecule has 0 heterocycles. The molecule has 1 amide bonds. The van der Waals surface area contributed by atoms with Crippen LogP contribution in [0.4, 0.5) is 11.4 Å².